The Kier molecular flexibility index (Phi) is 4.40. The van der Waals surface area contributed by atoms with E-state index in [0.29, 0.717) is 17.7 Å². The van der Waals surface area contributed by atoms with Crippen molar-refractivity contribution < 1.29 is 22.5 Å². The van der Waals surface area contributed by atoms with Crippen LogP contribution in [0.2, 0.25) is 0 Å². The molecule has 2 aromatic carbocycles. The Bertz CT molecular complexity index is 905. The molecule has 4 nitrogen and oxygen atoms in total. The van der Waals surface area contributed by atoms with Gasteiger partial charge >= 0.3 is 0 Å². The van der Waals surface area contributed by atoms with E-state index in [9.17, 15) is 17.8 Å². The molecule has 0 fully saturated rings. The van der Waals surface area contributed by atoms with Gasteiger partial charge in [0, 0.05) is 23.6 Å². The van der Waals surface area contributed by atoms with Crippen LogP contribution in [0.15, 0.2) is 35.2 Å². The molecule has 0 aromatic heterocycles. The van der Waals surface area contributed by atoms with Gasteiger partial charge in [-0.05, 0) is 30.7 Å². The molecule has 122 valence electrons. The largest absolute Gasteiger partial charge is 0.457 e. The fourth-order valence-corrected chi connectivity index (χ4v) is 3.48. The van der Waals surface area contributed by atoms with Crippen molar-refractivity contribution in [1.82, 2.24) is 0 Å². The fraction of sp³-hybridized carbons (Fsp3) is 0.176. The van der Waals surface area contributed by atoms with Gasteiger partial charge in [-0.25, -0.2) is 8.78 Å². The SMILES string of the molecule is N#Cc1cc(F)cc(Oc2ccc(S(=O)CF)c3c2CCC3=O)c1. The first-order valence-corrected chi connectivity index (χ1v) is 8.37. The third-order valence-electron chi connectivity index (χ3n) is 3.69. The number of ether oxygens (including phenoxy) is 1. The Morgan fingerprint density at radius 1 is 1.25 bits per heavy atom. The van der Waals surface area contributed by atoms with Crippen LogP contribution < -0.4 is 4.74 Å². The molecule has 0 radical (unpaired) electrons. The first-order chi connectivity index (χ1) is 11.5. The summed E-state index contributed by atoms with van der Waals surface area (Å²) >= 11 is 0. The summed E-state index contributed by atoms with van der Waals surface area (Å²) in [5.74, 6) is -0.409. The van der Waals surface area contributed by atoms with Crippen LogP contribution in [0.1, 0.15) is 27.9 Å². The van der Waals surface area contributed by atoms with Gasteiger partial charge in [0.05, 0.1) is 27.3 Å². The summed E-state index contributed by atoms with van der Waals surface area (Å²) in [7, 11) is -1.90. The molecule has 1 aliphatic carbocycles. The van der Waals surface area contributed by atoms with E-state index in [1.807, 2.05) is 6.07 Å². The predicted molar refractivity (Wildman–Crippen MR) is 82.7 cm³/mol. The van der Waals surface area contributed by atoms with Gasteiger partial charge in [-0.1, -0.05) is 0 Å². The average Bonchev–Trinajstić information content (AvgIpc) is 2.96. The number of hydrogen-bond donors (Lipinski definition) is 0. The van der Waals surface area contributed by atoms with Gasteiger partial charge in [0.15, 0.2) is 11.8 Å². The number of halogens is 2. The highest BCUT2D eigenvalue weighted by Gasteiger charge is 2.28. The summed E-state index contributed by atoms with van der Waals surface area (Å²) in [4.78, 5) is 12.2. The van der Waals surface area contributed by atoms with E-state index in [1.165, 1.54) is 18.2 Å². The van der Waals surface area contributed by atoms with Gasteiger partial charge < -0.3 is 4.74 Å². The maximum absolute atomic E-state index is 13.5. The molecule has 0 N–H and O–H groups in total. The van der Waals surface area contributed by atoms with Crippen LogP contribution in [0.4, 0.5) is 8.78 Å². The second-order valence-electron chi connectivity index (χ2n) is 5.18. The summed E-state index contributed by atoms with van der Waals surface area (Å²) in [6, 6.07) is 7.20. The summed E-state index contributed by atoms with van der Waals surface area (Å²) in [6.45, 7) is 0. The maximum Gasteiger partial charge on any atom is 0.169 e. The van der Waals surface area contributed by atoms with Crippen molar-refractivity contribution in [2.24, 2.45) is 0 Å². The molecule has 2 aromatic rings. The van der Waals surface area contributed by atoms with Crippen LogP contribution in [-0.4, -0.2) is 16.0 Å². The quantitative estimate of drug-likeness (QED) is 0.847. The van der Waals surface area contributed by atoms with Gasteiger partial charge in [0.25, 0.3) is 0 Å². The minimum absolute atomic E-state index is 0.105. The number of carbonyl (C=O) groups excluding carboxylic acids is 1. The van der Waals surface area contributed by atoms with E-state index in [2.05, 4.69) is 0 Å². The Hall–Kier alpha value is -2.59. The number of alkyl halides is 1. The smallest absolute Gasteiger partial charge is 0.169 e. The van der Waals surface area contributed by atoms with Gasteiger partial charge in [0.2, 0.25) is 0 Å². The number of hydrogen-bond acceptors (Lipinski definition) is 4. The Morgan fingerprint density at radius 2 is 2.04 bits per heavy atom. The van der Waals surface area contributed by atoms with Crippen LogP contribution >= 0.6 is 0 Å². The minimum Gasteiger partial charge on any atom is -0.457 e. The standard InChI is InChI=1S/C17H11F2NO3S/c18-9-24(22)16-4-3-15(13-1-2-14(21)17(13)16)23-12-6-10(8-20)5-11(19)7-12/h3-7H,1-2,9H2. The highest BCUT2D eigenvalue weighted by Crippen LogP contribution is 2.37. The molecule has 1 atom stereocenters. The summed E-state index contributed by atoms with van der Waals surface area (Å²) in [5.41, 5.74) is 0.857. The van der Waals surface area contributed by atoms with E-state index in [1.54, 1.807) is 0 Å². The van der Waals surface area contributed by atoms with Crippen molar-refractivity contribution in [2.45, 2.75) is 17.7 Å². The number of Topliss-reactive ketones (excluding diaryl/α,β-unsaturated/α-hetero) is 1. The van der Waals surface area contributed by atoms with Crippen LogP contribution in [0, 0.1) is 17.1 Å². The molecule has 1 unspecified atom stereocenters. The molecular formula is C17H11F2NO3S. The number of benzene rings is 2. The lowest BCUT2D eigenvalue weighted by Gasteiger charge is -2.12. The van der Waals surface area contributed by atoms with E-state index >= 15 is 0 Å². The Labute approximate surface area is 139 Å². The van der Waals surface area contributed by atoms with E-state index < -0.39 is 22.6 Å². The highest BCUT2D eigenvalue weighted by atomic mass is 32.2. The van der Waals surface area contributed by atoms with Gasteiger partial charge in [-0.15, -0.1) is 0 Å². The van der Waals surface area contributed by atoms with Gasteiger partial charge in [-0.2, -0.15) is 5.26 Å². The molecule has 1 aliphatic rings. The summed E-state index contributed by atoms with van der Waals surface area (Å²) in [6.07, 6.45) is 0.597. The first kappa shape index (κ1) is 16.3. The molecule has 24 heavy (non-hydrogen) atoms. The van der Waals surface area contributed by atoms with Crippen molar-refractivity contribution in [3.8, 4) is 17.6 Å². The van der Waals surface area contributed by atoms with Crippen molar-refractivity contribution in [3.63, 3.8) is 0 Å². The van der Waals surface area contributed by atoms with E-state index in [4.69, 9.17) is 10.00 Å². The normalized spacial score (nSPS) is 14.1. The van der Waals surface area contributed by atoms with Gasteiger partial charge in [0.1, 0.15) is 17.3 Å². The second-order valence-corrected chi connectivity index (χ2v) is 6.53. The lowest BCUT2D eigenvalue weighted by molar-refractivity contribution is 0.0992. The molecular weight excluding hydrogens is 336 g/mol. The third-order valence-corrected chi connectivity index (χ3v) is 4.71. The number of ketones is 1. The zero-order valence-corrected chi connectivity index (χ0v) is 13.2. The number of fused-ring (bicyclic) bond motifs is 1. The van der Waals surface area contributed by atoms with Crippen LogP contribution in [0.25, 0.3) is 0 Å². The first-order valence-electron chi connectivity index (χ1n) is 7.05. The lowest BCUT2D eigenvalue weighted by Crippen LogP contribution is -2.04. The van der Waals surface area contributed by atoms with E-state index in [0.717, 1.165) is 12.1 Å². The third kappa shape index (κ3) is 2.93. The summed E-state index contributed by atoms with van der Waals surface area (Å²) in [5, 5.41) is 8.88. The molecule has 0 saturated carbocycles. The molecule has 0 heterocycles. The van der Waals surface area contributed by atoms with Gasteiger partial charge in [-0.3, -0.25) is 9.00 Å². The van der Waals surface area contributed by atoms with E-state index in [-0.39, 0.29) is 34.0 Å². The molecule has 0 amide bonds. The zero-order chi connectivity index (χ0) is 17.3. The fourth-order valence-electron chi connectivity index (χ4n) is 2.68. The molecule has 3 rings (SSSR count). The van der Waals surface area contributed by atoms with Crippen LogP contribution in [0.3, 0.4) is 0 Å². The molecule has 0 saturated heterocycles. The van der Waals surface area contributed by atoms with Crippen molar-refractivity contribution >= 4 is 16.6 Å². The number of nitrogens with zero attached hydrogens (tertiary/aromatic N) is 1. The average molecular weight is 347 g/mol. The van der Waals surface area contributed by atoms with Crippen LogP contribution in [0.5, 0.6) is 11.5 Å². The minimum atomic E-state index is -1.90. The maximum atomic E-state index is 13.5. The second kappa shape index (κ2) is 6.49. The zero-order valence-electron chi connectivity index (χ0n) is 12.3. The number of rotatable bonds is 4. The highest BCUT2D eigenvalue weighted by molar-refractivity contribution is 7.85. The topological polar surface area (TPSA) is 67.2 Å². The molecule has 7 heteroatoms. The van der Waals surface area contributed by atoms with Crippen molar-refractivity contribution in [2.75, 3.05) is 6.01 Å². The Balaban J connectivity index is 2.05. The number of nitriles is 1. The van der Waals surface area contributed by atoms with Crippen LogP contribution in [-0.2, 0) is 17.2 Å². The lowest BCUT2D eigenvalue weighted by atomic mass is 10.1. The Morgan fingerprint density at radius 3 is 2.75 bits per heavy atom. The van der Waals surface area contributed by atoms with Crippen molar-refractivity contribution in [1.29, 1.82) is 5.26 Å². The molecule has 0 bridgehead atoms. The number of carbonyl (C=O) groups is 1. The monoisotopic (exact) mass is 347 g/mol. The van der Waals surface area contributed by atoms with Crippen molar-refractivity contribution in [3.05, 3.63) is 52.8 Å². The molecule has 0 aliphatic heterocycles. The predicted octanol–water partition coefficient (Wildman–Crippen LogP) is 3.65. The summed E-state index contributed by atoms with van der Waals surface area (Å²) < 4.78 is 43.6. The molecule has 0 spiro atoms.